The summed E-state index contributed by atoms with van der Waals surface area (Å²) in [6.07, 6.45) is 1.21. The summed E-state index contributed by atoms with van der Waals surface area (Å²) < 4.78 is 8.53. The van der Waals surface area contributed by atoms with Crippen molar-refractivity contribution in [3.63, 3.8) is 0 Å². The highest BCUT2D eigenvalue weighted by molar-refractivity contribution is 6.31. The normalized spacial score (nSPS) is 18.4. The number of aromatic nitrogens is 3. The van der Waals surface area contributed by atoms with Gasteiger partial charge < -0.3 is 15.0 Å². The van der Waals surface area contributed by atoms with E-state index in [1.54, 1.807) is 6.33 Å². The molecule has 0 saturated heterocycles. The van der Waals surface area contributed by atoms with E-state index in [4.69, 9.17) is 27.9 Å². The van der Waals surface area contributed by atoms with E-state index in [1.807, 2.05) is 61.2 Å². The van der Waals surface area contributed by atoms with Crippen LogP contribution in [-0.2, 0) is 0 Å². The fourth-order valence-electron chi connectivity index (χ4n) is 4.63. The zero-order chi connectivity index (χ0) is 23.4. The summed E-state index contributed by atoms with van der Waals surface area (Å²) in [4.78, 5) is 6.56. The average molecular weight is 490 g/mol. The molecule has 4 aromatic rings. The molecule has 3 heterocycles. The van der Waals surface area contributed by atoms with Crippen LogP contribution in [0.1, 0.15) is 28.8 Å². The topological polar surface area (TPSA) is 55.2 Å². The van der Waals surface area contributed by atoms with Gasteiger partial charge in [-0.15, -0.1) is 0 Å². The van der Waals surface area contributed by atoms with Crippen LogP contribution >= 0.6 is 23.2 Å². The number of halogens is 2. The molecule has 2 aliphatic rings. The van der Waals surface area contributed by atoms with Crippen molar-refractivity contribution < 1.29 is 4.74 Å². The maximum absolute atomic E-state index is 6.62. The Balaban J connectivity index is 1.60. The summed E-state index contributed by atoms with van der Waals surface area (Å²) in [6, 6.07) is 21.7. The Hall–Kier alpha value is -3.48. The molecule has 2 unspecified atom stereocenters. The average Bonchev–Trinajstić information content (AvgIpc) is 3.31. The van der Waals surface area contributed by atoms with E-state index in [0.29, 0.717) is 16.0 Å². The van der Waals surface area contributed by atoms with Crippen molar-refractivity contribution in [3.8, 4) is 5.75 Å². The van der Waals surface area contributed by atoms with Crippen LogP contribution in [0.3, 0.4) is 0 Å². The van der Waals surface area contributed by atoms with Gasteiger partial charge in [0.05, 0.1) is 5.70 Å². The molecule has 6 nitrogen and oxygen atoms in total. The minimum absolute atomic E-state index is 0.224. The number of anilines is 2. The van der Waals surface area contributed by atoms with Gasteiger partial charge in [0, 0.05) is 41.0 Å². The molecule has 0 fully saturated rings. The van der Waals surface area contributed by atoms with Crippen molar-refractivity contribution in [1.29, 1.82) is 0 Å². The number of rotatable bonds is 3. The molecule has 170 valence electrons. The van der Waals surface area contributed by atoms with Crippen LogP contribution < -0.4 is 15.0 Å². The molecule has 0 amide bonds. The summed E-state index contributed by atoms with van der Waals surface area (Å²) in [5.41, 5.74) is 6.07. The molecule has 0 spiro atoms. The number of hydrogen-bond donors (Lipinski definition) is 1. The van der Waals surface area contributed by atoms with Crippen LogP contribution in [0, 0.1) is 0 Å². The zero-order valence-electron chi connectivity index (χ0n) is 18.5. The van der Waals surface area contributed by atoms with E-state index in [9.17, 15) is 0 Å². The van der Waals surface area contributed by atoms with Crippen molar-refractivity contribution in [2.45, 2.75) is 12.1 Å². The fraction of sp³-hybridized carbons (Fsp3) is 0.154. The van der Waals surface area contributed by atoms with E-state index in [2.05, 4.69) is 44.6 Å². The van der Waals surface area contributed by atoms with Gasteiger partial charge in [-0.25, -0.2) is 4.68 Å². The first kappa shape index (κ1) is 21.1. The molecule has 1 N–H and O–H groups in total. The minimum Gasteiger partial charge on any atom is -0.480 e. The lowest BCUT2D eigenvalue weighted by Gasteiger charge is -2.39. The smallest absolute Gasteiger partial charge is 0.226 e. The van der Waals surface area contributed by atoms with Crippen molar-refractivity contribution in [3.05, 3.63) is 105 Å². The summed E-state index contributed by atoms with van der Waals surface area (Å²) in [5, 5.41) is 9.39. The maximum atomic E-state index is 6.62. The number of nitrogens with one attached hydrogen (secondary N) is 1. The third-order valence-electron chi connectivity index (χ3n) is 6.27. The third kappa shape index (κ3) is 3.42. The largest absolute Gasteiger partial charge is 0.480 e. The number of benzene rings is 3. The number of nitrogens with zero attached hydrogens (tertiary/aromatic N) is 4. The monoisotopic (exact) mass is 489 g/mol. The molecule has 1 aromatic heterocycles. The van der Waals surface area contributed by atoms with Gasteiger partial charge in [-0.2, -0.15) is 10.1 Å². The number of ether oxygens (including phenoxy) is 1. The lowest BCUT2D eigenvalue weighted by molar-refractivity contribution is 0.223. The third-order valence-corrected chi connectivity index (χ3v) is 6.76. The lowest BCUT2D eigenvalue weighted by Crippen LogP contribution is -2.32. The van der Waals surface area contributed by atoms with Crippen molar-refractivity contribution in [1.82, 2.24) is 14.8 Å². The first-order valence-corrected chi connectivity index (χ1v) is 11.6. The Morgan fingerprint density at radius 1 is 0.912 bits per heavy atom. The van der Waals surface area contributed by atoms with E-state index in [0.717, 1.165) is 39.4 Å². The van der Waals surface area contributed by atoms with Gasteiger partial charge in [-0.1, -0.05) is 47.5 Å². The van der Waals surface area contributed by atoms with Gasteiger partial charge >= 0.3 is 0 Å². The van der Waals surface area contributed by atoms with Crippen LogP contribution in [0.5, 0.6) is 5.75 Å². The predicted molar refractivity (Wildman–Crippen MR) is 136 cm³/mol. The van der Waals surface area contributed by atoms with Crippen LogP contribution in [0.2, 0.25) is 10.0 Å². The Morgan fingerprint density at radius 3 is 2.35 bits per heavy atom. The molecule has 0 radical (unpaired) electrons. The Morgan fingerprint density at radius 2 is 1.62 bits per heavy atom. The number of fused-ring (bicyclic) bond motifs is 3. The van der Waals surface area contributed by atoms with Gasteiger partial charge in [0.15, 0.2) is 0 Å². The van der Waals surface area contributed by atoms with Crippen molar-refractivity contribution in [2.75, 3.05) is 24.3 Å². The Labute approximate surface area is 207 Å². The molecule has 34 heavy (non-hydrogen) atoms. The predicted octanol–water partition coefficient (Wildman–Crippen LogP) is 6.21. The molecule has 6 rings (SSSR count). The standard InChI is InChI=1S/C26H21Cl2N5O/c1-32(2)19-10-5-15(6-11-19)24-22-23(31-26-29-14-30-33(24)26)20-13-18(28)9-12-21(20)34-25(22)16-3-7-17(27)8-4-16/h3-14,24-25H,1-2H3,(H,29,30,31). The minimum atomic E-state index is -0.357. The molecule has 0 aliphatic carbocycles. The van der Waals surface area contributed by atoms with Crippen LogP contribution in [0.25, 0.3) is 5.70 Å². The van der Waals surface area contributed by atoms with Crippen molar-refractivity contribution in [2.24, 2.45) is 0 Å². The Bertz CT molecular complexity index is 1410. The van der Waals surface area contributed by atoms with E-state index in [1.165, 1.54) is 0 Å². The van der Waals surface area contributed by atoms with Gasteiger partial charge in [-0.3, -0.25) is 0 Å². The van der Waals surface area contributed by atoms with Crippen molar-refractivity contribution >= 4 is 40.5 Å². The van der Waals surface area contributed by atoms with Gasteiger partial charge in [0.2, 0.25) is 5.95 Å². The summed E-state index contributed by atoms with van der Waals surface area (Å²) in [6.45, 7) is 0. The zero-order valence-corrected chi connectivity index (χ0v) is 20.0. The lowest BCUT2D eigenvalue weighted by atomic mass is 9.84. The second-order valence-electron chi connectivity index (χ2n) is 8.56. The van der Waals surface area contributed by atoms with E-state index in [-0.39, 0.29) is 12.1 Å². The molecule has 0 saturated carbocycles. The van der Waals surface area contributed by atoms with Crippen LogP contribution in [0.15, 0.2) is 78.6 Å². The quantitative estimate of drug-likeness (QED) is 0.370. The van der Waals surface area contributed by atoms with Crippen LogP contribution in [-0.4, -0.2) is 28.9 Å². The van der Waals surface area contributed by atoms with E-state index >= 15 is 0 Å². The van der Waals surface area contributed by atoms with Gasteiger partial charge in [0.1, 0.15) is 24.2 Å². The second kappa shape index (κ2) is 8.08. The van der Waals surface area contributed by atoms with Gasteiger partial charge in [0.25, 0.3) is 0 Å². The van der Waals surface area contributed by atoms with Crippen LogP contribution in [0.4, 0.5) is 11.6 Å². The van der Waals surface area contributed by atoms with Gasteiger partial charge in [-0.05, 0) is 53.6 Å². The second-order valence-corrected chi connectivity index (χ2v) is 9.43. The molecule has 0 bridgehead atoms. The fourth-order valence-corrected chi connectivity index (χ4v) is 4.93. The highest BCUT2D eigenvalue weighted by Gasteiger charge is 2.41. The Kier molecular flexibility index (Phi) is 5.01. The molecule has 2 aliphatic heterocycles. The summed E-state index contributed by atoms with van der Waals surface area (Å²) in [5.74, 6) is 1.42. The maximum Gasteiger partial charge on any atom is 0.226 e. The summed E-state index contributed by atoms with van der Waals surface area (Å²) >= 11 is 12.6. The summed E-state index contributed by atoms with van der Waals surface area (Å²) in [7, 11) is 4.06. The highest BCUT2D eigenvalue weighted by Crippen LogP contribution is 2.51. The van der Waals surface area contributed by atoms with E-state index < -0.39 is 0 Å². The molecular weight excluding hydrogens is 469 g/mol. The molecule has 8 heteroatoms. The highest BCUT2D eigenvalue weighted by atomic mass is 35.5. The number of hydrogen-bond acceptors (Lipinski definition) is 5. The molecular formula is C26H21Cl2N5O. The molecule has 3 aromatic carbocycles. The first-order chi connectivity index (χ1) is 16.5. The first-order valence-electron chi connectivity index (χ1n) is 10.9. The molecule has 2 atom stereocenters. The SMILES string of the molecule is CN(C)c1ccc(C2C3=C(Nc4ncnn42)c2cc(Cl)ccc2OC3c2ccc(Cl)cc2)cc1.